The molecule has 2 aromatic rings. The lowest BCUT2D eigenvalue weighted by Gasteiger charge is -2.09. The minimum absolute atomic E-state index is 0.170. The molecule has 0 aliphatic carbocycles. The van der Waals surface area contributed by atoms with E-state index in [-0.39, 0.29) is 17.8 Å². The van der Waals surface area contributed by atoms with Gasteiger partial charge in [0.25, 0.3) is 0 Å². The van der Waals surface area contributed by atoms with Crippen LogP contribution in [0.1, 0.15) is 13.3 Å². The molecule has 0 spiro atoms. The number of fused-ring (bicyclic) bond motifs is 1. The molecule has 0 aliphatic rings. The first-order chi connectivity index (χ1) is 7.70. The van der Waals surface area contributed by atoms with Gasteiger partial charge in [-0.3, -0.25) is 5.10 Å². The number of nitrogen functional groups attached to an aromatic ring is 1. The Morgan fingerprint density at radius 3 is 3.12 bits per heavy atom. The molecule has 7 heteroatoms. The van der Waals surface area contributed by atoms with Crippen LogP contribution in [0.3, 0.4) is 0 Å². The van der Waals surface area contributed by atoms with E-state index in [1.807, 2.05) is 6.92 Å². The van der Waals surface area contributed by atoms with Crippen LogP contribution < -0.4 is 5.73 Å². The van der Waals surface area contributed by atoms with E-state index in [0.29, 0.717) is 12.1 Å². The van der Waals surface area contributed by atoms with Crippen molar-refractivity contribution in [1.82, 2.24) is 20.2 Å². The number of hydrogen-bond donors (Lipinski definition) is 3. The Bertz CT molecular complexity index is 486. The van der Waals surface area contributed by atoms with Crippen molar-refractivity contribution < 1.29 is 5.11 Å². The maximum absolute atomic E-state index is 8.85. The van der Waals surface area contributed by atoms with E-state index in [4.69, 9.17) is 10.8 Å². The van der Waals surface area contributed by atoms with Crippen molar-refractivity contribution in [3.05, 3.63) is 6.20 Å². The van der Waals surface area contributed by atoms with Crippen LogP contribution in [0, 0.1) is 0 Å². The summed E-state index contributed by atoms with van der Waals surface area (Å²) in [6.45, 7) is 2.20. The van der Waals surface area contributed by atoms with Crippen molar-refractivity contribution in [1.29, 1.82) is 0 Å². The molecule has 0 saturated heterocycles. The molecular weight excluding hydrogens is 226 g/mol. The highest BCUT2D eigenvalue weighted by Gasteiger charge is 2.12. The largest absolute Gasteiger partial charge is 0.396 e. The lowest BCUT2D eigenvalue weighted by atomic mass is 10.3. The highest BCUT2D eigenvalue weighted by molar-refractivity contribution is 8.00. The molecule has 0 aromatic carbocycles. The Hall–Kier alpha value is -1.34. The van der Waals surface area contributed by atoms with E-state index in [9.17, 15) is 0 Å². The number of aromatic amines is 1. The monoisotopic (exact) mass is 239 g/mol. The zero-order chi connectivity index (χ0) is 11.5. The van der Waals surface area contributed by atoms with E-state index in [1.165, 1.54) is 0 Å². The Kier molecular flexibility index (Phi) is 3.25. The summed E-state index contributed by atoms with van der Waals surface area (Å²) in [6, 6.07) is 0. The van der Waals surface area contributed by atoms with Gasteiger partial charge < -0.3 is 10.8 Å². The maximum atomic E-state index is 8.85. The quantitative estimate of drug-likeness (QED) is 0.539. The third-order valence-corrected chi connectivity index (χ3v) is 3.31. The summed E-state index contributed by atoms with van der Waals surface area (Å²) in [7, 11) is 0. The molecule has 1 unspecified atom stereocenters. The van der Waals surface area contributed by atoms with Gasteiger partial charge in [-0.1, -0.05) is 6.92 Å². The van der Waals surface area contributed by atoms with Crippen molar-refractivity contribution in [2.45, 2.75) is 23.6 Å². The molecule has 2 rings (SSSR count). The standard InChI is InChI=1S/C9H13N5OS/c1-5(2-3-15)16-8-6-4-11-14-7(6)12-9(10)13-8/h4-5,15H,2-3H2,1H3,(H3,10,11,12,13,14). The summed E-state index contributed by atoms with van der Waals surface area (Å²) in [6.07, 6.45) is 2.40. The average Bonchev–Trinajstić information content (AvgIpc) is 2.65. The van der Waals surface area contributed by atoms with Gasteiger partial charge in [-0.15, -0.1) is 11.8 Å². The normalized spacial score (nSPS) is 13.1. The number of rotatable bonds is 4. The zero-order valence-electron chi connectivity index (χ0n) is 8.84. The number of anilines is 1. The third kappa shape index (κ3) is 2.25. The Morgan fingerprint density at radius 2 is 2.38 bits per heavy atom. The molecular formula is C9H13N5OS. The number of aliphatic hydroxyl groups excluding tert-OH is 1. The number of nitrogens with zero attached hydrogens (tertiary/aromatic N) is 3. The number of nitrogens with two attached hydrogens (primary N) is 1. The minimum Gasteiger partial charge on any atom is -0.396 e. The first-order valence-electron chi connectivity index (χ1n) is 4.95. The maximum Gasteiger partial charge on any atom is 0.223 e. The summed E-state index contributed by atoms with van der Waals surface area (Å²) in [5.41, 5.74) is 6.25. The van der Waals surface area contributed by atoms with Gasteiger partial charge in [0.2, 0.25) is 5.95 Å². The summed E-state index contributed by atoms with van der Waals surface area (Å²) in [4.78, 5) is 8.22. The molecule has 0 saturated carbocycles. The van der Waals surface area contributed by atoms with E-state index < -0.39 is 0 Å². The molecule has 2 aromatic heterocycles. The molecule has 16 heavy (non-hydrogen) atoms. The smallest absolute Gasteiger partial charge is 0.223 e. The predicted octanol–water partition coefficient (Wildman–Crippen LogP) is 0.798. The van der Waals surface area contributed by atoms with Crippen molar-refractivity contribution in [3.63, 3.8) is 0 Å². The molecule has 0 amide bonds. The molecule has 6 nitrogen and oxygen atoms in total. The molecule has 86 valence electrons. The minimum atomic E-state index is 0.170. The van der Waals surface area contributed by atoms with Crippen LogP contribution in [0.2, 0.25) is 0 Å². The molecule has 1 atom stereocenters. The summed E-state index contributed by atoms with van der Waals surface area (Å²) < 4.78 is 0. The van der Waals surface area contributed by atoms with Gasteiger partial charge in [0.15, 0.2) is 5.65 Å². The van der Waals surface area contributed by atoms with E-state index in [2.05, 4.69) is 20.2 Å². The second kappa shape index (κ2) is 4.67. The second-order valence-corrected chi connectivity index (χ2v) is 4.89. The van der Waals surface area contributed by atoms with Gasteiger partial charge in [0, 0.05) is 11.9 Å². The van der Waals surface area contributed by atoms with Gasteiger partial charge in [-0.25, -0.2) is 4.98 Å². The molecule has 0 aliphatic heterocycles. The number of aliphatic hydroxyl groups is 1. The van der Waals surface area contributed by atoms with E-state index in [1.54, 1.807) is 18.0 Å². The van der Waals surface area contributed by atoms with Crippen LogP contribution in [0.25, 0.3) is 11.0 Å². The SMILES string of the molecule is CC(CCO)Sc1nc(N)nc2[nH]ncc12. The third-order valence-electron chi connectivity index (χ3n) is 2.14. The Balaban J connectivity index is 2.31. The van der Waals surface area contributed by atoms with Crippen LogP contribution in [0.4, 0.5) is 5.95 Å². The highest BCUT2D eigenvalue weighted by atomic mass is 32.2. The summed E-state index contributed by atoms with van der Waals surface area (Å²) in [5.74, 6) is 0.232. The van der Waals surface area contributed by atoms with Gasteiger partial charge in [-0.05, 0) is 6.42 Å². The van der Waals surface area contributed by atoms with Crippen molar-refractivity contribution in [2.75, 3.05) is 12.3 Å². The van der Waals surface area contributed by atoms with Gasteiger partial charge in [0.1, 0.15) is 5.03 Å². The number of thioether (sulfide) groups is 1. The van der Waals surface area contributed by atoms with Gasteiger partial charge in [-0.2, -0.15) is 10.1 Å². The van der Waals surface area contributed by atoms with Crippen LogP contribution in [0.15, 0.2) is 11.2 Å². The Labute approximate surface area is 96.7 Å². The number of H-pyrrole nitrogens is 1. The fraction of sp³-hybridized carbons (Fsp3) is 0.444. The summed E-state index contributed by atoms with van der Waals surface area (Å²) >= 11 is 1.57. The lowest BCUT2D eigenvalue weighted by molar-refractivity contribution is 0.289. The van der Waals surface area contributed by atoms with Crippen molar-refractivity contribution >= 4 is 28.7 Å². The molecule has 0 fully saturated rings. The van der Waals surface area contributed by atoms with E-state index >= 15 is 0 Å². The average molecular weight is 239 g/mol. The highest BCUT2D eigenvalue weighted by Crippen LogP contribution is 2.29. The molecule has 0 radical (unpaired) electrons. The first-order valence-corrected chi connectivity index (χ1v) is 5.82. The van der Waals surface area contributed by atoms with E-state index in [0.717, 1.165) is 10.4 Å². The topological polar surface area (TPSA) is 101 Å². The second-order valence-electron chi connectivity index (χ2n) is 3.46. The van der Waals surface area contributed by atoms with Gasteiger partial charge >= 0.3 is 0 Å². The fourth-order valence-corrected chi connectivity index (χ4v) is 2.37. The van der Waals surface area contributed by atoms with Gasteiger partial charge in [0.05, 0.1) is 11.6 Å². The van der Waals surface area contributed by atoms with Crippen LogP contribution in [0.5, 0.6) is 0 Å². The number of nitrogens with one attached hydrogen (secondary N) is 1. The number of aromatic nitrogens is 4. The first kappa shape index (κ1) is 11.2. The fourth-order valence-electron chi connectivity index (χ4n) is 1.35. The number of hydrogen-bond acceptors (Lipinski definition) is 6. The zero-order valence-corrected chi connectivity index (χ0v) is 9.66. The van der Waals surface area contributed by atoms with Crippen molar-refractivity contribution in [2.24, 2.45) is 0 Å². The van der Waals surface area contributed by atoms with Crippen LogP contribution in [-0.2, 0) is 0 Å². The Morgan fingerprint density at radius 1 is 1.56 bits per heavy atom. The predicted molar refractivity (Wildman–Crippen MR) is 63.1 cm³/mol. The molecule has 4 N–H and O–H groups in total. The summed E-state index contributed by atoms with van der Waals surface area (Å²) in [5, 5.41) is 17.5. The van der Waals surface area contributed by atoms with Crippen molar-refractivity contribution in [3.8, 4) is 0 Å². The molecule has 2 heterocycles. The molecule has 0 bridgehead atoms. The van der Waals surface area contributed by atoms with Crippen LogP contribution >= 0.6 is 11.8 Å². The lowest BCUT2D eigenvalue weighted by Crippen LogP contribution is -2.02. The van der Waals surface area contributed by atoms with Crippen LogP contribution in [-0.4, -0.2) is 37.1 Å².